The van der Waals surface area contributed by atoms with E-state index in [0.29, 0.717) is 13.1 Å². The van der Waals surface area contributed by atoms with E-state index >= 15 is 0 Å². The highest BCUT2D eigenvalue weighted by molar-refractivity contribution is 5.98. The molecule has 1 aliphatic heterocycles. The Hall–Kier alpha value is -2.34. The minimum atomic E-state index is 0.0495. The van der Waals surface area contributed by atoms with Gasteiger partial charge in [-0.3, -0.25) is 14.5 Å². The number of aryl methyl sites for hydroxylation is 1. The molecule has 0 aliphatic carbocycles. The Morgan fingerprint density at radius 1 is 1.12 bits per heavy atom. The van der Waals surface area contributed by atoms with E-state index in [2.05, 4.69) is 10.2 Å². The first-order valence-corrected chi connectivity index (χ1v) is 9.31. The molecule has 1 N–H and O–H groups in total. The van der Waals surface area contributed by atoms with Crippen LogP contribution in [0.3, 0.4) is 0 Å². The van der Waals surface area contributed by atoms with Gasteiger partial charge in [0, 0.05) is 50.2 Å². The molecule has 0 radical (unpaired) electrons. The van der Waals surface area contributed by atoms with Crippen LogP contribution in [0, 0.1) is 0 Å². The van der Waals surface area contributed by atoms with E-state index in [4.69, 9.17) is 0 Å². The number of carbonyl (C=O) groups is 2. The number of carbonyl (C=O) groups excluding carboxylic acids is 2. The summed E-state index contributed by atoms with van der Waals surface area (Å²) in [5.74, 6) is 0.116. The number of amides is 2. The average Bonchev–Trinajstić information content (AvgIpc) is 2.77. The van der Waals surface area contributed by atoms with Crippen LogP contribution in [0.1, 0.15) is 30.8 Å². The van der Waals surface area contributed by atoms with Crippen molar-refractivity contribution in [1.29, 1.82) is 0 Å². The van der Waals surface area contributed by atoms with Crippen molar-refractivity contribution in [2.45, 2.75) is 26.3 Å². The van der Waals surface area contributed by atoms with Crippen molar-refractivity contribution in [3.63, 3.8) is 0 Å². The first-order chi connectivity index (χ1) is 12.5. The van der Waals surface area contributed by atoms with Crippen LogP contribution < -0.4 is 5.32 Å². The minimum absolute atomic E-state index is 0.0495. The molecule has 2 amide bonds. The van der Waals surface area contributed by atoms with Crippen molar-refractivity contribution >= 4 is 22.7 Å². The van der Waals surface area contributed by atoms with Crippen LogP contribution in [-0.4, -0.2) is 64.9 Å². The summed E-state index contributed by atoms with van der Waals surface area (Å²) in [5.41, 5.74) is 1.79. The topological polar surface area (TPSA) is 57.6 Å². The number of hydrogen-bond acceptors (Lipinski definition) is 3. The lowest BCUT2D eigenvalue weighted by Crippen LogP contribution is -2.42. The van der Waals surface area contributed by atoms with E-state index in [9.17, 15) is 9.59 Å². The zero-order valence-corrected chi connectivity index (χ0v) is 15.9. The largest absolute Gasteiger partial charge is 0.353 e. The molecule has 3 rings (SSSR count). The Morgan fingerprint density at radius 2 is 1.88 bits per heavy atom. The standard InChI is InChI=1S/C20H28N4O2/c1-15(2)21-19(25)14-23-9-6-10-24(12-11-23)20(26)18-13-16-7-4-5-8-17(16)22(18)3/h4-5,7-8,13,15H,6,9-12,14H2,1-3H3,(H,21,25). The second kappa shape index (κ2) is 7.91. The second-order valence-corrected chi connectivity index (χ2v) is 7.29. The number of nitrogens with zero attached hydrogens (tertiary/aromatic N) is 3. The molecule has 1 aliphatic rings. The number of hydrogen-bond donors (Lipinski definition) is 1. The van der Waals surface area contributed by atoms with Gasteiger partial charge in [-0.1, -0.05) is 18.2 Å². The zero-order valence-electron chi connectivity index (χ0n) is 15.9. The van der Waals surface area contributed by atoms with Crippen molar-refractivity contribution in [1.82, 2.24) is 19.7 Å². The average molecular weight is 356 g/mol. The predicted octanol–water partition coefficient (Wildman–Crippen LogP) is 1.85. The van der Waals surface area contributed by atoms with E-state index in [-0.39, 0.29) is 17.9 Å². The Kier molecular flexibility index (Phi) is 5.61. The van der Waals surface area contributed by atoms with Crippen molar-refractivity contribution in [2.24, 2.45) is 7.05 Å². The fourth-order valence-electron chi connectivity index (χ4n) is 3.56. The summed E-state index contributed by atoms with van der Waals surface area (Å²) in [7, 11) is 1.94. The van der Waals surface area contributed by atoms with Crippen LogP contribution in [0.25, 0.3) is 10.9 Å². The van der Waals surface area contributed by atoms with Gasteiger partial charge in [-0.15, -0.1) is 0 Å². The molecule has 1 fully saturated rings. The van der Waals surface area contributed by atoms with Gasteiger partial charge in [-0.25, -0.2) is 0 Å². The number of para-hydroxylation sites is 1. The minimum Gasteiger partial charge on any atom is -0.353 e. The van der Waals surface area contributed by atoms with Gasteiger partial charge in [-0.2, -0.15) is 0 Å². The fourth-order valence-corrected chi connectivity index (χ4v) is 3.56. The fraction of sp³-hybridized carbons (Fsp3) is 0.500. The molecule has 1 aromatic heterocycles. The SMILES string of the molecule is CC(C)NC(=O)CN1CCCN(C(=O)c2cc3ccccc3n2C)CC1. The molecule has 0 bridgehead atoms. The van der Waals surface area contributed by atoms with Gasteiger partial charge in [0.05, 0.1) is 6.54 Å². The number of fused-ring (bicyclic) bond motifs is 1. The van der Waals surface area contributed by atoms with Crippen molar-refractivity contribution < 1.29 is 9.59 Å². The zero-order chi connectivity index (χ0) is 18.7. The Bertz CT molecular complexity index is 796. The van der Waals surface area contributed by atoms with Gasteiger partial charge in [0.1, 0.15) is 5.69 Å². The molecule has 140 valence electrons. The molecule has 1 saturated heterocycles. The van der Waals surface area contributed by atoms with Crippen LogP contribution >= 0.6 is 0 Å². The number of nitrogens with one attached hydrogen (secondary N) is 1. The Balaban J connectivity index is 1.65. The Labute approximate surface area is 154 Å². The van der Waals surface area contributed by atoms with E-state index in [1.807, 2.05) is 60.7 Å². The molecule has 0 atom stereocenters. The molecule has 0 unspecified atom stereocenters. The van der Waals surface area contributed by atoms with Crippen LogP contribution in [0.15, 0.2) is 30.3 Å². The smallest absolute Gasteiger partial charge is 0.270 e. The summed E-state index contributed by atoms with van der Waals surface area (Å²) in [6.07, 6.45) is 0.880. The molecular weight excluding hydrogens is 328 g/mol. The predicted molar refractivity (Wildman–Crippen MR) is 103 cm³/mol. The monoisotopic (exact) mass is 356 g/mol. The van der Waals surface area contributed by atoms with Gasteiger partial charge in [-0.05, 0) is 32.4 Å². The van der Waals surface area contributed by atoms with E-state index in [1.54, 1.807) is 0 Å². The van der Waals surface area contributed by atoms with Gasteiger partial charge >= 0.3 is 0 Å². The summed E-state index contributed by atoms with van der Waals surface area (Å²) in [4.78, 5) is 29.0. The van der Waals surface area contributed by atoms with Crippen LogP contribution in [0.5, 0.6) is 0 Å². The lowest BCUT2D eigenvalue weighted by atomic mass is 10.2. The van der Waals surface area contributed by atoms with Crippen LogP contribution in [0.2, 0.25) is 0 Å². The van der Waals surface area contributed by atoms with Gasteiger partial charge in [0.2, 0.25) is 5.91 Å². The van der Waals surface area contributed by atoms with Gasteiger partial charge in [0.25, 0.3) is 5.91 Å². The summed E-state index contributed by atoms with van der Waals surface area (Å²) >= 11 is 0. The highest BCUT2D eigenvalue weighted by Gasteiger charge is 2.23. The lowest BCUT2D eigenvalue weighted by molar-refractivity contribution is -0.122. The summed E-state index contributed by atoms with van der Waals surface area (Å²) in [6, 6.07) is 10.2. The number of aromatic nitrogens is 1. The molecule has 6 nitrogen and oxygen atoms in total. The van der Waals surface area contributed by atoms with Crippen LogP contribution in [0.4, 0.5) is 0 Å². The summed E-state index contributed by atoms with van der Waals surface area (Å²) in [5, 5.41) is 4.01. The van der Waals surface area contributed by atoms with Crippen molar-refractivity contribution in [2.75, 3.05) is 32.7 Å². The third kappa shape index (κ3) is 4.07. The quantitative estimate of drug-likeness (QED) is 0.910. The van der Waals surface area contributed by atoms with E-state index in [1.165, 1.54) is 0 Å². The third-order valence-electron chi connectivity index (χ3n) is 4.86. The van der Waals surface area contributed by atoms with E-state index in [0.717, 1.165) is 42.7 Å². The summed E-state index contributed by atoms with van der Waals surface area (Å²) in [6.45, 7) is 7.26. The van der Waals surface area contributed by atoms with Gasteiger partial charge < -0.3 is 14.8 Å². The van der Waals surface area contributed by atoms with Crippen molar-refractivity contribution in [3.8, 4) is 0 Å². The molecule has 0 saturated carbocycles. The van der Waals surface area contributed by atoms with Gasteiger partial charge in [0.15, 0.2) is 0 Å². The highest BCUT2D eigenvalue weighted by atomic mass is 16.2. The second-order valence-electron chi connectivity index (χ2n) is 7.29. The lowest BCUT2D eigenvalue weighted by Gasteiger charge is -2.22. The molecule has 0 spiro atoms. The highest BCUT2D eigenvalue weighted by Crippen LogP contribution is 2.20. The number of benzene rings is 1. The summed E-state index contributed by atoms with van der Waals surface area (Å²) < 4.78 is 1.97. The van der Waals surface area contributed by atoms with E-state index < -0.39 is 0 Å². The van der Waals surface area contributed by atoms with Crippen LogP contribution in [-0.2, 0) is 11.8 Å². The number of rotatable bonds is 4. The maximum atomic E-state index is 13.0. The molecule has 2 aromatic rings. The molecule has 2 heterocycles. The third-order valence-corrected chi connectivity index (χ3v) is 4.86. The normalized spacial score (nSPS) is 16.1. The molecule has 1 aromatic carbocycles. The molecular formula is C20H28N4O2. The Morgan fingerprint density at radius 3 is 2.62 bits per heavy atom. The maximum absolute atomic E-state index is 13.0. The molecule has 26 heavy (non-hydrogen) atoms. The van der Waals surface area contributed by atoms with Crippen molar-refractivity contribution in [3.05, 3.63) is 36.0 Å². The first kappa shape index (κ1) is 18.5. The molecule has 6 heteroatoms. The maximum Gasteiger partial charge on any atom is 0.270 e. The first-order valence-electron chi connectivity index (χ1n) is 9.31.